The van der Waals surface area contributed by atoms with Crippen LogP contribution in [-0.4, -0.2) is 36.7 Å². The van der Waals surface area contributed by atoms with Crippen molar-refractivity contribution in [2.75, 3.05) is 6.54 Å². The van der Waals surface area contributed by atoms with Crippen LogP contribution in [-0.2, 0) is 11.2 Å². The summed E-state index contributed by atoms with van der Waals surface area (Å²) in [5.41, 5.74) is 2.97. The average Bonchev–Trinajstić information content (AvgIpc) is 3.12. The van der Waals surface area contributed by atoms with Gasteiger partial charge in [0, 0.05) is 37.0 Å². The molecule has 4 heterocycles. The van der Waals surface area contributed by atoms with Gasteiger partial charge in [-0.05, 0) is 43.9 Å². The van der Waals surface area contributed by atoms with Crippen LogP contribution in [0, 0.1) is 6.92 Å². The first-order valence-electron chi connectivity index (χ1n) is 8.71. The maximum absolute atomic E-state index is 12.9. The highest BCUT2D eigenvalue weighted by atomic mass is 16.2. The first kappa shape index (κ1) is 15.7. The minimum Gasteiger partial charge on any atom is -0.334 e. The molecule has 25 heavy (non-hydrogen) atoms. The van der Waals surface area contributed by atoms with E-state index in [4.69, 9.17) is 4.98 Å². The van der Waals surface area contributed by atoms with E-state index < -0.39 is 0 Å². The standard InChI is InChI=1S/C19H21N5O/c1-14-11-16(22-19-21-8-10-23(14)19)17-6-2-3-9-24(17)18(25)12-15-5-4-7-20-13-15/h4-5,7-8,10-11,13,17H,2-3,6,9,12H2,1H3. The summed E-state index contributed by atoms with van der Waals surface area (Å²) in [6.07, 6.45) is 10.6. The highest BCUT2D eigenvalue weighted by Gasteiger charge is 2.29. The summed E-state index contributed by atoms with van der Waals surface area (Å²) in [7, 11) is 0. The summed E-state index contributed by atoms with van der Waals surface area (Å²) < 4.78 is 1.97. The third-order valence-corrected chi connectivity index (χ3v) is 4.83. The smallest absolute Gasteiger partial charge is 0.234 e. The summed E-state index contributed by atoms with van der Waals surface area (Å²) in [6, 6.07) is 5.92. The zero-order valence-corrected chi connectivity index (χ0v) is 14.3. The lowest BCUT2D eigenvalue weighted by Gasteiger charge is -2.35. The molecule has 0 spiro atoms. The molecule has 0 radical (unpaired) electrons. The van der Waals surface area contributed by atoms with Crippen molar-refractivity contribution in [1.82, 2.24) is 24.3 Å². The predicted octanol–water partition coefficient (Wildman–Crippen LogP) is 2.73. The number of imidazole rings is 1. The van der Waals surface area contributed by atoms with Gasteiger partial charge in [0.15, 0.2) is 0 Å². The molecule has 1 unspecified atom stereocenters. The number of aromatic nitrogens is 4. The molecule has 6 nitrogen and oxygen atoms in total. The van der Waals surface area contributed by atoms with E-state index >= 15 is 0 Å². The van der Waals surface area contributed by atoms with E-state index in [1.54, 1.807) is 18.6 Å². The average molecular weight is 335 g/mol. The molecule has 3 aromatic heterocycles. The molecule has 4 rings (SSSR count). The number of carbonyl (C=O) groups is 1. The van der Waals surface area contributed by atoms with Crippen molar-refractivity contribution in [1.29, 1.82) is 0 Å². The molecule has 1 saturated heterocycles. The molecule has 3 aromatic rings. The summed E-state index contributed by atoms with van der Waals surface area (Å²) >= 11 is 0. The summed E-state index contributed by atoms with van der Waals surface area (Å²) in [4.78, 5) is 28.0. The summed E-state index contributed by atoms with van der Waals surface area (Å²) in [5.74, 6) is 0.834. The van der Waals surface area contributed by atoms with Gasteiger partial charge in [-0.2, -0.15) is 0 Å². The van der Waals surface area contributed by atoms with Crippen molar-refractivity contribution in [3.63, 3.8) is 0 Å². The van der Waals surface area contributed by atoms with E-state index in [0.717, 1.165) is 42.8 Å². The quantitative estimate of drug-likeness (QED) is 0.738. The SMILES string of the molecule is Cc1cc(C2CCCCN2C(=O)Cc2cccnc2)nc2nccn12. The van der Waals surface area contributed by atoms with Gasteiger partial charge in [0.2, 0.25) is 11.7 Å². The largest absolute Gasteiger partial charge is 0.334 e. The number of hydrogen-bond acceptors (Lipinski definition) is 4. The first-order valence-corrected chi connectivity index (χ1v) is 8.71. The van der Waals surface area contributed by atoms with Gasteiger partial charge in [0.1, 0.15) is 0 Å². The summed E-state index contributed by atoms with van der Waals surface area (Å²) in [6.45, 7) is 2.83. The maximum atomic E-state index is 12.9. The topological polar surface area (TPSA) is 63.4 Å². The number of aryl methyl sites for hydroxylation is 1. The van der Waals surface area contributed by atoms with Crippen LogP contribution >= 0.6 is 0 Å². The second-order valence-corrected chi connectivity index (χ2v) is 6.56. The Kier molecular flexibility index (Phi) is 4.17. The van der Waals surface area contributed by atoms with Crippen molar-refractivity contribution in [3.05, 3.63) is 59.9 Å². The van der Waals surface area contributed by atoms with Crippen LogP contribution in [0.2, 0.25) is 0 Å². The number of nitrogens with zero attached hydrogens (tertiary/aromatic N) is 5. The van der Waals surface area contributed by atoms with Crippen LogP contribution in [0.25, 0.3) is 5.78 Å². The van der Waals surface area contributed by atoms with Crippen molar-refractivity contribution in [2.45, 2.75) is 38.6 Å². The molecule has 1 aliphatic rings. The van der Waals surface area contributed by atoms with Gasteiger partial charge in [-0.15, -0.1) is 0 Å². The number of piperidine rings is 1. The second-order valence-electron chi connectivity index (χ2n) is 6.56. The molecule has 6 heteroatoms. The van der Waals surface area contributed by atoms with E-state index in [1.807, 2.05) is 34.6 Å². The molecule has 0 N–H and O–H groups in total. The van der Waals surface area contributed by atoms with Gasteiger partial charge in [0.05, 0.1) is 18.2 Å². The van der Waals surface area contributed by atoms with Gasteiger partial charge in [-0.25, -0.2) is 9.97 Å². The fourth-order valence-electron chi connectivity index (χ4n) is 3.57. The fourth-order valence-corrected chi connectivity index (χ4v) is 3.57. The van der Waals surface area contributed by atoms with Crippen LogP contribution in [0.3, 0.4) is 0 Å². The Morgan fingerprint density at radius 3 is 3.08 bits per heavy atom. The normalized spacial score (nSPS) is 17.8. The van der Waals surface area contributed by atoms with Crippen LogP contribution in [0.1, 0.15) is 42.3 Å². The third-order valence-electron chi connectivity index (χ3n) is 4.83. The van der Waals surface area contributed by atoms with Crippen LogP contribution in [0.5, 0.6) is 0 Å². The van der Waals surface area contributed by atoms with Crippen LogP contribution in [0.15, 0.2) is 43.0 Å². The van der Waals surface area contributed by atoms with Gasteiger partial charge < -0.3 is 4.90 Å². The zero-order valence-electron chi connectivity index (χ0n) is 14.3. The van der Waals surface area contributed by atoms with Gasteiger partial charge in [-0.1, -0.05) is 6.07 Å². The Morgan fingerprint density at radius 2 is 2.24 bits per heavy atom. The molecule has 0 saturated carbocycles. The highest BCUT2D eigenvalue weighted by Crippen LogP contribution is 2.31. The minimum absolute atomic E-state index is 0.0262. The lowest BCUT2D eigenvalue weighted by Crippen LogP contribution is -2.39. The number of hydrogen-bond donors (Lipinski definition) is 0. The van der Waals surface area contributed by atoms with Crippen LogP contribution < -0.4 is 0 Å². The number of pyridine rings is 1. The van der Waals surface area contributed by atoms with E-state index in [0.29, 0.717) is 12.2 Å². The first-order chi connectivity index (χ1) is 12.2. The molecular weight excluding hydrogens is 314 g/mol. The lowest BCUT2D eigenvalue weighted by molar-refractivity contribution is -0.134. The fraction of sp³-hybridized carbons (Fsp3) is 0.368. The van der Waals surface area contributed by atoms with Crippen molar-refractivity contribution < 1.29 is 4.79 Å². The number of amides is 1. The number of carbonyl (C=O) groups excluding carboxylic acids is 1. The molecule has 1 atom stereocenters. The lowest BCUT2D eigenvalue weighted by atomic mass is 9.97. The molecule has 0 aromatic carbocycles. The third kappa shape index (κ3) is 3.12. The van der Waals surface area contributed by atoms with E-state index in [1.165, 1.54) is 0 Å². The van der Waals surface area contributed by atoms with Crippen molar-refractivity contribution in [3.8, 4) is 0 Å². The molecule has 0 aliphatic carbocycles. The van der Waals surface area contributed by atoms with E-state index in [-0.39, 0.29) is 11.9 Å². The van der Waals surface area contributed by atoms with Crippen LogP contribution in [0.4, 0.5) is 0 Å². The second kappa shape index (κ2) is 6.63. The Bertz CT molecular complexity index is 889. The minimum atomic E-state index is 0.0262. The number of likely N-dealkylation sites (tertiary alicyclic amines) is 1. The highest BCUT2D eigenvalue weighted by molar-refractivity contribution is 5.79. The van der Waals surface area contributed by atoms with E-state index in [9.17, 15) is 4.79 Å². The number of rotatable bonds is 3. The van der Waals surface area contributed by atoms with Gasteiger partial charge in [-0.3, -0.25) is 14.2 Å². The molecular formula is C19H21N5O. The van der Waals surface area contributed by atoms with Gasteiger partial charge in [0.25, 0.3) is 0 Å². The molecule has 1 amide bonds. The molecule has 1 aliphatic heterocycles. The van der Waals surface area contributed by atoms with Crippen molar-refractivity contribution in [2.24, 2.45) is 0 Å². The zero-order chi connectivity index (χ0) is 17.2. The van der Waals surface area contributed by atoms with Crippen molar-refractivity contribution >= 4 is 11.7 Å². The van der Waals surface area contributed by atoms with Gasteiger partial charge >= 0.3 is 0 Å². The maximum Gasteiger partial charge on any atom is 0.234 e. The summed E-state index contributed by atoms with van der Waals surface area (Å²) in [5, 5.41) is 0. The molecule has 0 bridgehead atoms. The Labute approximate surface area is 146 Å². The Balaban J connectivity index is 1.62. The number of fused-ring (bicyclic) bond motifs is 1. The molecule has 128 valence electrons. The Morgan fingerprint density at radius 1 is 1.32 bits per heavy atom. The monoisotopic (exact) mass is 335 g/mol. The Hall–Kier alpha value is -2.76. The molecule has 1 fully saturated rings. The predicted molar refractivity (Wildman–Crippen MR) is 94.0 cm³/mol. The van der Waals surface area contributed by atoms with E-state index in [2.05, 4.69) is 16.0 Å².